The highest BCUT2D eigenvalue weighted by molar-refractivity contribution is 5.94. The third-order valence-corrected chi connectivity index (χ3v) is 3.59. The maximum atomic E-state index is 12.8. The number of carboxylic acid groups (broad SMARTS) is 1. The standard InChI is InChI=1S/C14H13FN4O3/c15-9-3-1-8(2-4-9)13(20)16-7-12-18-17-11-6-5-10(14(21)22)19(11)12/h1-4,10H,5-7H2,(H,16,20)(H,21,22). The molecular formula is C14H13FN4O3. The lowest BCUT2D eigenvalue weighted by atomic mass is 10.2. The molecule has 22 heavy (non-hydrogen) atoms. The van der Waals surface area contributed by atoms with Gasteiger partial charge in [0.1, 0.15) is 17.7 Å². The van der Waals surface area contributed by atoms with E-state index in [4.69, 9.17) is 0 Å². The van der Waals surface area contributed by atoms with Gasteiger partial charge in [-0.15, -0.1) is 10.2 Å². The molecule has 1 unspecified atom stereocenters. The first kappa shape index (κ1) is 14.2. The van der Waals surface area contributed by atoms with Crippen molar-refractivity contribution in [3.05, 3.63) is 47.3 Å². The van der Waals surface area contributed by atoms with E-state index in [2.05, 4.69) is 15.5 Å². The number of hydrogen-bond acceptors (Lipinski definition) is 4. The topological polar surface area (TPSA) is 97.1 Å². The van der Waals surface area contributed by atoms with Crippen LogP contribution in [0.1, 0.15) is 34.5 Å². The fourth-order valence-corrected chi connectivity index (χ4v) is 2.50. The van der Waals surface area contributed by atoms with Gasteiger partial charge in [-0.05, 0) is 30.7 Å². The van der Waals surface area contributed by atoms with Gasteiger partial charge >= 0.3 is 5.97 Å². The molecule has 0 radical (unpaired) electrons. The summed E-state index contributed by atoms with van der Waals surface area (Å²) in [6.45, 7) is 0.0625. The lowest BCUT2D eigenvalue weighted by molar-refractivity contribution is -0.140. The molecule has 2 heterocycles. The van der Waals surface area contributed by atoms with Crippen molar-refractivity contribution < 1.29 is 19.1 Å². The largest absolute Gasteiger partial charge is 0.480 e. The number of halogens is 1. The van der Waals surface area contributed by atoms with Crippen molar-refractivity contribution in [2.24, 2.45) is 0 Å². The van der Waals surface area contributed by atoms with E-state index in [0.717, 1.165) is 0 Å². The van der Waals surface area contributed by atoms with Gasteiger partial charge in [0.05, 0.1) is 6.54 Å². The number of carbonyl (C=O) groups is 2. The third kappa shape index (κ3) is 2.54. The Kier molecular flexibility index (Phi) is 3.58. The van der Waals surface area contributed by atoms with Crippen LogP contribution in [-0.4, -0.2) is 31.7 Å². The molecule has 1 aliphatic heterocycles. The maximum absolute atomic E-state index is 12.8. The summed E-state index contributed by atoms with van der Waals surface area (Å²) in [5.41, 5.74) is 0.317. The van der Waals surface area contributed by atoms with Crippen LogP contribution in [0.5, 0.6) is 0 Å². The van der Waals surface area contributed by atoms with Crippen LogP contribution in [0.25, 0.3) is 0 Å². The fraction of sp³-hybridized carbons (Fsp3) is 0.286. The second-order valence-electron chi connectivity index (χ2n) is 4.98. The van der Waals surface area contributed by atoms with Crippen LogP contribution < -0.4 is 5.32 Å². The zero-order valence-electron chi connectivity index (χ0n) is 11.5. The maximum Gasteiger partial charge on any atom is 0.326 e. The predicted octanol–water partition coefficient (Wildman–Crippen LogP) is 0.919. The number of aryl methyl sites for hydroxylation is 1. The summed E-state index contributed by atoms with van der Waals surface area (Å²) in [4.78, 5) is 23.2. The predicted molar refractivity (Wildman–Crippen MR) is 72.6 cm³/mol. The number of aromatic nitrogens is 3. The Morgan fingerprint density at radius 1 is 1.32 bits per heavy atom. The molecule has 7 nitrogen and oxygen atoms in total. The average Bonchev–Trinajstić information content (AvgIpc) is 3.07. The molecule has 3 rings (SSSR count). The second-order valence-corrected chi connectivity index (χ2v) is 4.98. The molecule has 0 saturated heterocycles. The Hall–Kier alpha value is -2.77. The first-order valence-corrected chi connectivity index (χ1v) is 6.75. The zero-order valence-corrected chi connectivity index (χ0v) is 11.5. The molecule has 1 aromatic carbocycles. The number of nitrogens with one attached hydrogen (secondary N) is 1. The van der Waals surface area contributed by atoms with Crippen LogP contribution in [0.3, 0.4) is 0 Å². The van der Waals surface area contributed by atoms with Crippen LogP contribution in [0.2, 0.25) is 0 Å². The van der Waals surface area contributed by atoms with E-state index in [0.29, 0.717) is 30.1 Å². The van der Waals surface area contributed by atoms with Crippen molar-refractivity contribution in [3.63, 3.8) is 0 Å². The molecule has 0 saturated carbocycles. The minimum atomic E-state index is -0.940. The fourth-order valence-electron chi connectivity index (χ4n) is 2.50. The van der Waals surface area contributed by atoms with Crippen molar-refractivity contribution >= 4 is 11.9 Å². The van der Waals surface area contributed by atoms with Crippen LogP contribution in [0, 0.1) is 5.82 Å². The van der Waals surface area contributed by atoms with Crippen molar-refractivity contribution in [3.8, 4) is 0 Å². The van der Waals surface area contributed by atoms with Crippen molar-refractivity contribution in [1.82, 2.24) is 20.1 Å². The van der Waals surface area contributed by atoms with E-state index in [9.17, 15) is 19.1 Å². The van der Waals surface area contributed by atoms with Crippen molar-refractivity contribution in [2.45, 2.75) is 25.4 Å². The molecule has 8 heteroatoms. The number of rotatable bonds is 4. The number of nitrogens with zero attached hydrogens (tertiary/aromatic N) is 3. The molecule has 1 atom stereocenters. The van der Waals surface area contributed by atoms with Gasteiger partial charge in [0.25, 0.3) is 5.91 Å². The van der Waals surface area contributed by atoms with E-state index in [-0.39, 0.29) is 12.5 Å². The molecule has 0 spiro atoms. The molecule has 1 aliphatic rings. The van der Waals surface area contributed by atoms with Crippen LogP contribution in [0.15, 0.2) is 24.3 Å². The minimum absolute atomic E-state index is 0.0625. The molecule has 0 bridgehead atoms. The van der Waals surface area contributed by atoms with E-state index in [1.165, 1.54) is 24.3 Å². The minimum Gasteiger partial charge on any atom is -0.480 e. The summed E-state index contributed by atoms with van der Waals surface area (Å²) in [7, 11) is 0. The Morgan fingerprint density at radius 2 is 2.05 bits per heavy atom. The van der Waals surface area contributed by atoms with Gasteiger partial charge in [-0.25, -0.2) is 9.18 Å². The van der Waals surface area contributed by atoms with Crippen LogP contribution >= 0.6 is 0 Å². The number of carboxylic acids is 1. The lowest BCUT2D eigenvalue weighted by Crippen LogP contribution is -2.26. The lowest BCUT2D eigenvalue weighted by Gasteiger charge is -2.11. The smallest absolute Gasteiger partial charge is 0.326 e. The molecule has 1 amide bonds. The van der Waals surface area contributed by atoms with Crippen molar-refractivity contribution in [1.29, 1.82) is 0 Å². The number of hydrogen-bond donors (Lipinski definition) is 2. The van der Waals surface area contributed by atoms with Gasteiger partial charge in [0.15, 0.2) is 5.82 Å². The summed E-state index contributed by atoms with van der Waals surface area (Å²) in [5.74, 6) is -0.739. The van der Waals surface area contributed by atoms with Gasteiger partial charge in [-0.3, -0.25) is 9.36 Å². The number of benzene rings is 1. The quantitative estimate of drug-likeness (QED) is 0.875. The van der Waals surface area contributed by atoms with Gasteiger partial charge in [0, 0.05) is 12.0 Å². The number of fused-ring (bicyclic) bond motifs is 1. The normalized spacial score (nSPS) is 16.3. The molecule has 0 fully saturated rings. The molecule has 114 valence electrons. The Balaban J connectivity index is 1.71. The molecule has 2 aromatic rings. The highest BCUT2D eigenvalue weighted by atomic mass is 19.1. The highest BCUT2D eigenvalue weighted by Crippen LogP contribution is 2.26. The van der Waals surface area contributed by atoms with E-state index < -0.39 is 17.8 Å². The van der Waals surface area contributed by atoms with E-state index in [1.807, 2.05) is 0 Å². The number of aliphatic carboxylic acids is 1. The number of carbonyl (C=O) groups excluding carboxylic acids is 1. The monoisotopic (exact) mass is 304 g/mol. The third-order valence-electron chi connectivity index (χ3n) is 3.59. The zero-order chi connectivity index (χ0) is 15.7. The summed E-state index contributed by atoms with van der Waals surface area (Å²) in [5, 5.41) is 19.7. The Labute approximate surface area is 124 Å². The summed E-state index contributed by atoms with van der Waals surface area (Å²) < 4.78 is 14.4. The van der Waals surface area contributed by atoms with Gasteiger partial charge in [-0.2, -0.15) is 0 Å². The van der Waals surface area contributed by atoms with Crippen molar-refractivity contribution in [2.75, 3.05) is 0 Å². The van der Waals surface area contributed by atoms with Gasteiger partial charge in [0.2, 0.25) is 0 Å². The first-order chi connectivity index (χ1) is 10.6. The molecular weight excluding hydrogens is 291 g/mol. The van der Waals surface area contributed by atoms with Crippen LogP contribution in [0.4, 0.5) is 4.39 Å². The Morgan fingerprint density at radius 3 is 2.73 bits per heavy atom. The Bertz CT molecular complexity index is 726. The van der Waals surface area contributed by atoms with Gasteiger partial charge < -0.3 is 10.4 Å². The number of amides is 1. The first-order valence-electron chi connectivity index (χ1n) is 6.75. The molecule has 0 aliphatic carbocycles. The second kappa shape index (κ2) is 5.55. The summed E-state index contributed by atoms with van der Waals surface area (Å²) in [6.07, 6.45) is 1.02. The van der Waals surface area contributed by atoms with Gasteiger partial charge in [-0.1, -0.05) is 0 Å². The molecule has 2 N–H and O–H groups in total. The summed E-state index contributed by atoms with van der Waals surface area (Å²) >= 11 is 0. The van der Waals surface area contributed by atoms with E-state index in [1.54, 1.807) is 4.57 Å². The van der Waals surface area contributed by atoms with Crippen LogP contribution in [-0.2, 0) is 17.8 Å². The SMILES string of the molecule is O=C(NCc1nnc2n1C(C(=O)O)CC2)c1ccc(F)cc1. The highest BCUT2D eigenvalue weighted by Gasteiger charge is 2.32. The molecule has 1 aromatic heterocycles. The van der Waals surface area contributed by atoms with E-state index >= 15 is 0 Å². The summed E-state index contributed by atoms with van der Waals surface area (Å²) in [6, 6.07) is 4.45. The average molecular weight is 304 g/mol.